The molecule has 0 N–H and O–H groups in total. The van der Waals surface area contributed by atoms with Crippen LogP contribution in [0.4, 0.5) is 0 Å². The van der Waals surface area contributed by atoms with Gasteiger partial charge in [-0.2, -0.15) is 0 Å². The fourth-order valence-corrected chi connectivity index (χ4v) is 3.02. The number of benzene rings is 2. The summed E-state index contributed by atoms with van der Waals surface area (Å²) in [5.74, 6) is 1.83. The number of methoxy groups -OCH3 is 1. The monoisotopic (exact) mass is 390 g/mol. The van der Waals surface area contributed by atoms with E-state index in [0.717, 1.165) is 29.9 Å². The second-order valence-electron chi connectivity index (χ2n) is 5.91. The Bertz CT molecular complexity index is 563. The molecule has 0 saturated carbocycles. The molecule has 2 rings (SSSR count). The summed E-state index contributed by atoms with van der Waals surface area (Å²) in [4.78, 5) is 0. The van der Waals surface area contributed by atoms with Gasteiger partial charge in [-0.25, -0.2) is 0 Å². The summed E-state index contributed by atoms with van der Waals surface area (Å²) in [6.07, 6.45) is 7.66. The molecule has 0 fully saturated rings. The van der Waals surface area contributed by atoms with Crippen LogP contribution >= 0.6 is 15.9 Å². The first-order chi connectivity index (χ1) is 11.8. The second-order valence-corrected chi connectivity index (χ2v) is 6.70. The molecule has 2 aromatic rings. The van der Waals surface area contributed by atoms with E-state index in [1.54, 1.807) is 7.11 Å². The van der Waals surface area contributed by atoms with E-state index in [0.29, 0.717) is 0 Å². The fraction of sp³-hybridized carbons (Fsp3) is 0.429. The molecule has 0 bridgehead atoms. The molecule has 0 spiro atoms. The molecule has 0 radical (unpaired) electrons. The molecular formula is C21H27BrO2. The van der Waals surface area contributed by atoms with Gasteiger partial charge in [-0.3, -0.25) is 0 Å². The van der Waals surface area contributed by atoms with Crippen molar-refractivity contribution in [3.05, 3.63) is 48.5 Å². The van der Waals surface area contributed by atoms with Gasteiger partial charge in [-0.1, -0.05) is 65.9 Å². The van der Waals surface area contributed by atoms with Crippen LogP contribution in [0.2, 0.25) is 0 Å². The average Bonchev–Trinajstić information content (AvgIpc) is 2.64. The molecule has 2 nitrogen and oxygen atoms in total. The highest BCUT2D eigenvalue weighted by molar-refractivity contribution is 9.09. The van der Waals surface area contributed by atoms with E-state index in [9.17, 15) is 0 Å². The Kier molecular flexibility index (Phi) is 8.75. The minimum absolute atomic E-state index is 0.806. The van der Waals surface area contributed by atoms with E-state index in [4.69, 9.17) is 9.47 Å². The standard InChI is InChI=1S/C21H27BrO2/c1-23-20-12-8-18(9-13-20)19-10-14-21(15-11-19)24-17-7-5-3-2-4-6-16-22/h8-15H,2-7,16-17H2,1H3. The summed E-state index contributed by atoms with van der Waals surface area (Å²) in [6.45, 7) is 0.806. The van der Waals surface area contributed by atoms with E-state index < -0.39 is 0 Å². The van der Waals surface area contributed by atoms with Gasteiger partial charge in [0.05, 0.1) is 13.7 Å². The predicted octanol–water partition coefficient (Wildman–Crippen LogP) is 6.48. The molecule has 130 valence electrons. The van der Waals surface area contributed by atoms with Crippen molar-refractivity contribution < 1.29 is 9.47 Å². The van der Waals surface area contributed by atoms with Crippen molar-refractivity contribution in [1.29, 1.82) is 0 Å². The molecule has 24 heavy (non-hydrogen) atoms. The minimum Gasteiger partial charge on any atom is -0.497 e. The lowest BCUT2D eigenvalue weighted by Gasteiger charge is -2.08. The van der Waals surface area contributed by atoms with Crippen LogP contribution in [0.3, 0.4) is 0 Å². The number of hydrogen-bond donors (Lipinski definition) is 0. The van der Waals surface area contributed by atoms with E-state index in [1.165, 1.54) is 43.2 Å². The van der Waals surface area contributed by atoms with Crippen molar-refractivity contribution in [3.8, 4) is 22.6 Å². The molecule has 0 aliphatic heterocycles. The van der Waals surface area contributed by atoms with Crippen LogP contribution in [0, 0.1) is 0 Å². The smallest absolute Gasteiger partial charge is 0.119 e. The molecule has 0 atom stereocenters. The Labute approximate surface area is 154 Å². The minimum atomic E-state index is 0.806. The van der Waals surface area contributed by atoms with Crippen LogP contribution in [-0.4, -0.2) is 19.0 Å². The van der Waals surface area contributed by atoms with Crippen molar-refractivity contribution in [1.82, 2.24) is 0 Å². The van der Waals surface area contributed by atoms with Crippen LogP contribution in [0.1, 0.15) is 38.5 Å². The van der Waals surface area contributed by atoms with Gasteiger partial charge in [-0.15, -0.1) is 0 Å². The highest BCUT2D eigenvalue weighted by Crippen LogP contribution is 2.24. The van der Waals surface area contributed by atoms with E-state index in [-0.39, 0.29) is 0 Å². The van der Waals surface area contributed by atoms with E-state index in [2.05, 4.69) is 52.3 Å². The third-order valence-electron chi connectivity index (χ3n) is 4.07. The van der Waals surface area contributed by atoms with Crippen LogP contribution in [-0.2, 0) is 0 Å². The van der Waals surface area contributed by atoms with Crippen molar-refractivity contribution in [2.45, 2.75) is 38.5 Å². The van der Waals surface area contributed by atoms with Crippen molar-refractivity contribution >= 4 is 15.9 Å². The summed E-state index contributed by atoms with van der Waals surface area (Å²) >= 11 is 3.47. The van der Waals surface area contributed by atoms with E-state index in [1.807, 2.05) is 12.1 Å². The maximum Gasteiger partial charge on any atom is 0.119 e. The average molecular weight is 391 g/mol. The van der Waals surface area contributed by atoms with Crippen molar-refractivity contribution in [2.75, 3.05) is 19.0 Å². The lowest BCUT2D eigenvalue weighted by atomic mass is 10.1. The Morgan fingerprint density at radius 2 is 1.17 bits per heavy atom. The normalized spacial score (nSPS) is 10.6. The van der Waals surface area contributed by atoms with Gasteiger partial charge >= 0.3 is 0 Å². The molecule has 0 saturated heterocycles. The van der Waals surface area contributed by atoms with Crippen LogP contribution in [0.25, 0.3) is 11.1 Å². The van der Waals surface area contributed by atoms with Crippen LogP contribution in [0.15, 0.2) is 48.5 Å². The molecule has 0 amide bonds. The van der Waals surface area contributed by atoms with Gasteiger partial charge in [0.1, 0.15) is 11.5 Å². The summed E-state index contributed by atoms with van der Waals surface area (Å²) in [7, 11) is 1.68. The lowest BCUT2D eigenvalue weighted by molar-refractivity contribution is 0.304. The zero-order valence-electron chi connectivity index (χ0n) is 14.5. The molecule has 0 aliphatic rings. The summed E-state index contributed by atoms with van der Waals surface area (Å²) < 4.78 is 11.0. The third kappa shape index (κ3) is 6.56. The third-order valence-corrected chi connectivity index (χ3v) is 4.64. The Balaban J connectivity index is 1.70. The van der Waals surface area contributed by atoms with E-state index >= 15 is 0 Å². The van der Waals surface area contributed by atoms with Crippen molar-refractivity contribution in [3.63, 3.8) is 0 Å². The predicted molar refractivity (Wildman–Crippen MR) is 105 cm³/mol. The Hall–Kier alpha value is -1.48. The Morgan fingerprint density at radius 3 is 1.71 bits per heavy atom. The molecule has 0 aliphatic carbocycles. The zero-order chi connectivity index (χ0) is 17.0. The number of ether oxygens (including phenoxy) is 2. The summed E-state index contributed by atoms with van der Waals surface area (Å²) in [5.41, 5.74) is 2.38. The highest BCUT2D eigenvalue weighted by Gasteiger charge is 2.00. The van der Waals surface area contributed by atoms with Gasteiger partial charge in [-0.05, 0) is 48.2 Å². The number of alkyl halides is 1. The SMILES string of the molecule is COc1ccc(-c2ccc(OCCCCCCCCBr)cc2)cc1. The first-order valence-electron chi connectivity index (χ1n) is 8.77. The quantitative estimate of drug-likeness (QED) is 0.323. The molecule has 3 heteroatoms. The number of rotatable bonds is 11. The maximum absolute atomic E-state index is 5.83. The lowest BCUT2D eigenvalue weighted by Crippen LogP contribution is -1.97. The fourth-order valence-electron chi connectivity index (χ4n) is 2.62. The van der Waals surface area contributed by atoms with Gasteiger partial charge in [0.25, 0.3) is 0 Å². The topological polar surface area (TPSA) is 18.5 Å². The highest BCUT2D eigenvalue weighted by atomic mass is 79.9. The van der Waals surface area contributed by atoms with Gasteiger partial charge in [0.15, 0.2) is 0 Å². The first-order valence-corrected chi connectivity index (χ1v) is 9.89. The number of unbranched alkanes of at least 4 members (excludes halogenated alkanes) is 5. The second kappa shape index (κ2) is 11.1. The van der Waals surface area contributed by atoms with Crippen molar-refractivity contribution in [2.24, 2.45) is 0 Å². The molecule has 0 unspecified atom stereocenters. The van der Waals surface area contributed by atoms with Crippen LogP contribution in [0.5, 0.6) is 11.5 Å². The maximum atomic E-state index is 5.83. The van der Waals surface area contributed by atoms with Crippen LogP contribution < -0.4 is 9.47 Å². The molecule has 2 aromatic carbocycles. The molecular weight excluding hydrogens is 364 g/mol. The largest absolute Gasteiger partial charge is 0.497 e. The van der Waals surface area contributed by atoms with Gasteiger partial charge in [0.2, 0.25) is 0 Å². The zero-order valence-corrected chi connectivity index (χ0v) is 16.1. The summed E-state index contributed by atoms with van der Waals surface area (Å²) in [6, 6.07) is 16.4. The number of hydrogen-bond acceptors (Lipinski definition) is 2. The van der Waals surface area contributed by atoms with Gasteiger partial charge < -0.3 is 9.47 Å². The molecule has 0 heterocycles. The first kappa shape index (κ1) is 18.9. The number of halogens is 1. The summed E-state index contributed by atoms with van der Waals surface area (Å²) in [5, 5.41) is 1.13. The Morgan fingerprint density at radius 1 is 0.667 bits per heavy atom. The molecule has 0 aromatic heterocycles. The van der Waals surface area contributed by atoms with Gasteiger partial charge in [0, 0.05) is 5.33 Å².